The molecule has 5 rings (SSSR count). The van der Waals surface area contributed by atoms with E-state index in [4.69, 9.17) is 34.8 Å². The van der Waals surface area contributed by atoms with Crippen LogP contribution in [0.2, 0.25) is 15.1 Å². The highest BCUT2D eigenvalue weighted by molar-refractivity contribution is 8.00. The summed E-state index contributed by atoms with van der Waals surface area (Å²) in [6.07, 6.45) is 2.96. The van der Waals surface area contributed by atoms with E-state index in [-0.39, 0.29) is 21.5 Å². The number of aromatic nitrogens is 3. The van der Waals surface area contributed by atoms with Gasteiger partial charge in [-0.25, -0.2) is 0 Å². The number of aliphatic hydroxyl groups is 1. The second kappa shape index (κ2) is 10.8. The number of carbonyl (C=O) groups excluding carboxylic acids is 2. The molecule has 0 radical (unpaired) electrons. The van der Waals surface area contributed by atoms with Crippen LogP contribution in [0.1, 0.15) is 22.7 Å². The first-order valence-electron chi connectivity index (χ1n) is 10.7. The Hall–Kier alpha value is -2.95. The zero-order valence-electron chi connectivity index (χ0n) is 18.6. The number of pyridine rings is 1. The van der Waals surface area contributed by atoms with Gasteiger partial charge in [0.25, 0.3) is 5.78 Å². The molecule has 0 bridgehead atoms. The summed E-state index contributed by atoms with van der Waals surface area (Å²) in [5.74, 6) is -1.41. The van der Waals surface area contributed by atoms with Gasteiger partial charge in [-0.2, -0.15) is 0 Å². The van der Waals surface area contributed by atoms with Crippen LogP contribution in [-0.2, 0) is 15.3 Å². The standard InChI is InChI=1S/C25H15Cl3N4O3S2/c26-16-4-1-13(2-5-16)12-36-25-31-30-24(37-25)32-20(15-3-6-17(27)18(28)11-15)19(22(34)23(32)35)21(33)14-7-9-29-10-8-14/h1-11,20,33H,12H2. The summed E-state index contributed by atoms with van der Waals surface area (Å²) >= 11 is 20.9. The number of hydrogen-bond donors (Lipinski definition) is 1. The lowest BCUT2D eigenvalue weighted by atomic mass is 9.96. The Labute approximate surface area is 234 Å². The molecule has 1 unspecified atom stereocenters. The van der Waals surface area contributed by atoms with Gasteiger partial charge in [-0.1, -0.05) is 76.1 Å². The van der Waals surface area contributed by atoms with Crippen LogP contribution in [0.5, 0.6) is 0 Å². The van der Waals surface area contributed by atoms with Gasteiger partial charge in [0.2, 0.25) is 5.13 Å². The van der Waals surface area contributed by atoms with E-state index in [1.54, 1.807) is 30.3 Å². The van der Waals surface area contributed by atoms with Gasteiger partial charge in [-0.05, 0) is 47.5 Å². The monoisotopic (exact) mass is 588 g/mol. The Morgan fingerprint density at radius 3 is 2.41 bits per heavy atom. The second-order valence-electron chi connectivity index (χ2n) is 7.84. The number of amides is 1. The van der Waals surface area contributed by atoms with Crippen LogP contribution in [-0.4, -0.2) is 32.0 Å². The molecule has 3 heterocycles. The van der Waals surface area contributed by atoms with Crippen molar-refractivity contribution < 1.29 is 14.7 Å². The highest BCUT2D eigenvalue weighted by Gasteiger charge is 2.48. The number of nitrogens with zero attached hydrogens (tertiary/aromatic N) is 4. The van der Waals surface area contributed by atoms with Crippen molar-refractivity contribution >= 4 is 80.5 Å². The summed E-state index contributed by atoms with van der Waals surface area (Å²) in [6, 6.07) is 14.3. The van der Waals surface area contributed by atoms with Crippen molar-refractivity contribution in [1.82, 2.24) is 15.2 Å². The molecule has 1 fully saturated rings. The van der Waals surface area contributed by atoms with E-state index < -0.39 is 17.7 Å². The van der Waals surface area contributed by atoms with E-state index in [1.807, 2.05) is 24.3 Å². The molecule has 2 aromatic carbocycles. The maximum atomic E-state index is 13.3. The third kappa shape index (κ3) is 5.23. The Balaban J connectivity index is 1.54. The molecule has 0 spiro atoms. The van der Waals surface area contributed by atoms with Gasteiger partial charge in [0.05, 0.1) is 21.7 Å². The first-order chi connectivity index (χ1) is 17.8. The molecule has 1 amide bonds. The molecule has 2 aromatic heterocycles. The van der Waals surface area contributed by atoms with Gasteiger partial charge in [-0.3, -0.25) is 19.5 Å². The number of thioether (sulfide) groups is 1. The summed E-state index contributed by atoms with van der Waals surface area (Å²) in [7, 11) is 0. The predicted octanol–water partition coefficient (Wildman–Crippen LogP) is 6.81. The van der Waals surface area contributed by atoms with Crippen LogP contribution in [0.15, 0.2) is 76.9 Å². The lowest BCUT2D eigenvalue weighted by Gasteiger charge is -2.22. The second-order valence-corrected chi connectivity index (χ2v) is 11.3. The Bertz CT molecular complexity index is 1530. The number of rotatable bonds is 6. The molecule has 1 N–H and O–H groups in total. The Kier molecular flexibility index (Phi) is 7.50. The zero-order valence-corrected chi connectivity index (χ0v) is 22.5. The van der Waals surface area contributed by atoms with Gasteiger partial charge in [0.15, 0.2) is 4.34 Å². The number of anilines is 1. The Morgan fingerprint density at radius 1 is 0.973 bits per heavy atom. The maximum Gasteiger partial charge on any atom is 0.301 e. The summed E-state index contributed by atoms with van der Waals surface area (Å²) < 4.78 is 0.605. The minimum absolute atomic E-state index is 0.0971. The summed E-state index contributed by atoms with van der Waals surface area (Å²) in [5.41, 5.74) is 1.77. The normalized spacial score (nSPS) is 16.9. The summed E-state index contributed by atoms with van der Waals surface area (Å²) in [5, 5.41) is 20.9. The summed E-state index contributed by atoms with van der Waals surface area (Å²) in [6.45, 7) is 0. The van der Waals surface area contributed by atoms with E-state index in [1.165, 1.54) is 40.4 Å². The highest BCUT2D eigenvalue weighted by atomic mass is 35.5. The van der Waals surface area contributed by atoms with Crippen molar-refractivity contribution in [1.29, 1.82) is 0 Å². The van der Waals surface area contributed by atoms with Gasteiger partial charge in [0.1, 0.15) is 5.76 Å². The third-order valence-corrected chi connectivity index (χ3v) is 8.65. The van der Waals surface area contributed by atoms with Crippen LogP contribution in [0.3, 0.4) is 0 Å². The number of carbonyl (C=O) groups is 2. The van der Waals surface area contributed by atoms with Gasteiger partial charge in [0, 0.05) is 28.7 Å². The zero-order chi connectivity index (χ0) is 26.1. The van der Waals surface area contributed by atoms with Gasteiger partial charge in [-0.15, -0.1) is 10.2 Å². The molecule has 4 aromatic rings. The smallest absolute Gasteiger partial charge is 0.301 e. The molecule has 0 aliphatic carbocycles. The fourth-order valence-corrected chi connectivity index (χ4v) is 6.03. The average molecular weight is 590 g/mol. The quantitative estimate of drug-likeness (QED) is 0.0867. The van der Waals surface area contributed by atoms with Crippen molar-refractivity contribution in [3.8, 4) is 0 Å². The SMILES string of the molecule is O=C1C(=O)N(c2nnc(SCc3ccc(Cl)cc3)s2)C(c2ccc(Cl)c(Cl)c2)C1=C(O)c1ccncc1. The number of benzene rings is 2. The lowest BCUT2D eigenvalue weighted by Crippen LogP contribution is -2.29. The summed E-state index contributed by atoms with van der Waals surface area (Å²) in [4.78, 5) is 31.7. The van der Waals surface area contributed by atoms with Crippen molar-refractivity contribution in [3.05, 3.63) is 104 Å². The van der Waals surface area contributed by atoms with E-state index >= 15 is 0 Å². The number of ketones is 1. The molecule has 186 valence electrons. The van der Waals surface area contributed by atoms with Gasteiger partial charge >= 0.3 is 5.91 Å². The molecule has 1 atom stereocenters. The minimum atomic E-state index is -0.995. The topological polar surface area (TPSA) is 96.3 Å². The third-order valence-electron chi connectivity index (χ3n) is 5.54. The molecule has 1 aliphatic heterocycles. The number of aliphatic hydroxyl groups excluding tert-OH is 1. The minimum Gasteiger partial charge on any atom is -0.507 e. The largest absolute Gasteiger partial charge is 0.507 e. The predicted molar refractivity (Wildman–Crippen MR) is 146 cm³/mol. The molecule has 1 aliphatic rings. The average Bonchev–Trinajstić information content (AvgIpc) is 3.47. The van der Waals surface area contributed by atoms with Crippen LogP contribution < -0.4 is 4.90 Å². The molecular weight excluding hydrogens is 575 g/mol. The fraction of sp³-hybridized carbons (Fsp3) is 0.0800. The highest BCUT2D eigenvalue weighted by Crippen LogP contribution is 2.45. The van der Waals surface area contributed by atoms with E-state index in [0.29, 0.717) is 31.3 Å². The van der Waals surface area contributed by atoms with Crippen molar-refractivity contribution in [3.63, 3.8) is 0 Å². The lowest BCUT2D eigenvalue weighted by molar-refractivity contribution is -0.132. The van der Waals surface area contributed by atoms with E-state index in [2.05, 4.69) is 15.2 Å². The Morgan fingerprint density at radius 2 is 1.70 bits per heavy atom. The molecular formula is C25H15Cl3N4O3S2. The van der Waals surface area contributed by atoms with Crippen LogP contribution in [0, 0.1) is 0 Å². The van der Waals surface area contributed by atoms with Crippen molar-refractivity contribution in [2.75, 3.05) is 4.90 Å². The molecule has 12 heteroatoms. The van der Waals surface area contributed by atoms with E-state index in [0.717, 1.165) is 5.56 Å². The van der Waals surface area contributed by atoms with Crippen LogP contribution in [0.4, 0.5) is 5.13 Å². The first kappa shape index (κ1) is 25.7. The van der Waals surface area contributed by atoms with Gasteiger partial charge < -0.3 is 5.11 Å². The van der Waals surface area contributed by atoms with Crippen LogP contribution >= 0.6 is 57.9 Å². The fourth-order valence-electron chi connectivity index (χ4n) is 3.78. The molecule has 1 saturated heterocycles. The number of Topliss-reactive ketones (excluding diaryl/α,β-unsaturated/α-hetero) is 1. The molecule has 7 nitrogen and oxygen atoms in total. The van der Waals surface area contributed by atoms with E-state index in [9.17, 15) is 14.7 Å². The van der Waals surface area contributed by atoms with Crippen LogP contribution in [0.25, 0.3) is 5.76 Å². The molecule has 37 heavy (non-hydrogen) atoms. The first-order valence-corrected chi connectivity index (χ1v) is 13.6. The van der Waals surface area contributed by atoms with Crippen molar-refractivity contribution in [2.45, 2.75) is 16.1 Å². The number of hydrogen-bond acceptors (Lipinski definition) is 8. The van der Waals surface area contributed by atoms with Crippen molar-refractivity contribution in [2.24, 2.45) is 0 Å². The molecule has 0 saturated carbocycles. The number of halogens is 3. The maximum absolute atomic E-state index is 13.3.